The maximum absolute atomic E-state index is 12.7. The van der Waals surface area contributed by atoms with E-state index in [-0.39, 0.29) is 12.5 Å². The molecule has 3 N–H and O–H groups in total. The van der Waals surface area contributed by atoms with Crippen molar-refractivity contribution in [2.75, 3.05) is 5.32 Å². The Morgan fingerprint density at radius 1 is 1.27 bits per heavy atom. The van der Waals surface area contributed by atoms with Gasteiger partial charge in [0.1, 0.15) is 17.4 Å². The predicted octanol–water partition coefficient (Wildman–Crippen LogP) is 3.02. The van der Waals surface area contributed by atoms with Crippen LogP contribution in [-0.4, -0.2) is 21.4 Å². The number of thiophene rings is 1. The van der Waals surface area contributed by atoms with Gasteiger partial charge in [0, 0.05) is 4.88 Å². The second-order valence-electron chi connectivity index (χ2n) is 6.56. The number of nitrogens with zero attached hydrogens (tertiary/aromatic N) is 2. The van der Waals surface area contributed by atoms with Crippen molar-refractivity contribution >= 4 is 39.2 Å². The highest BCUT2D eigenvalue weighted by molar-refractivity contribution is 7.17. The Morgan fingerprint density at radius 3 is 2.85 bits per heavy atom. The number of hydrogen-bond donors (Lipinski definition) is 2. The Kier molecular flexibility index (Phi) is 4.24. The molecule has 0 saturated heterocycles. The van der Waals surface area contributed by atoms with E-state index in [1.165, 1.54) is 16.2 Å². The van der Waals surface area contributed by atoms with Gasteiger partial charge in [0.25, 0.3) is 5.91 Å². The number of nitrogens with two attached hydrogens (primary N) is 1. The number of fused-ring (bicyclic) bond motifs is 2. The lowest BCUT2D eigenvalue weighted by Gasteiger charge is -2.11. The molecule has 0 spiro atoms. The zero-order valence-corrected chi connectivity index (χ0v) is 15.4. The fraction of sp³-hybridized carbons (Fsp3) is 0.316. The van der Waals surface area contributed by atoms with E-state index < -0.39 is 5.91 Å². The largest absolute Gasteiger partial charge is 0.365 e. The van der Waals surface area contributed by atoms with Crippen LogP contribution >= 0.6 is 11.3 Å². The van der Waals surface area contributed by atoms with Gasteiger partial charge in [0.05, 0.1) is 16.6 Å². The van der Waals surface area contributed by atoms with E-state index in [4.69, 9.17) is 5.73 Å². The molecule has 134 valence electrons. The SMILES string of the molecule is Cc1nc2ccccc2n1CC(=O)Nc1sc2c(c1C(N)=O)CCCC2. The number of anilines is 1. The molecule has 26 heavy (non-hydrogen) atoms. The van der Waals surface area contributed by atoms with Crippen LogP contribution in [0.2, 0.25) is 0 Å². The molecule has 4 rings (SSSR count). The molecule has 0 radical (unpaired) electrons. The molecule has 0 fully saturated rings. The number of aryl methyl sites for hydroxylation is 2. The fourth-order valence-corrected chi connectivity index (χ4v) is 4.93. The number of benzene rings is 1. The summed E-state index contributed by atoms with van der Waals surface area (Å²) in [6.45, 7) is 2.03. The van der Waals surface area contributed by atoms with Crippen LogP contribution in [0.15, 0.2) is 24.3 Å². The topological polar surface area (TPSA) is 90.0 Å². The van der Waals surface area contributed by atoms with Crippen molar-refractivity contribution in [3.8, 4) is 0 Å². The monoisotopic (exact) mass is 368 g/mol. The third-order valence-electron chi connectivity index (χ3n) is 4.82. The first-order valence-corrected chi connectivity index (χ1v) is 9.52. The summed E-state index contributed by atoms with van der Waals surface area (Å²) >= 11 is 1.48. The van der Waals surface area contributed by atoms with Crippen molar-refractivity contribution in [2.45, 2.75) is 39.2 Å². The first-order valence-electron chi connectivity index (χ1n) is 8.70. The van der Waals surface area contributed by atoms with E-state index in [0.29, 0.717) is 10.6 Å². The van der Waals surface area contributed by atoms with Crippen molar-refractivity contribution in [1.29, 1.82) is 0 Å². The number of carbonyl (C=O) groups excluding carboxylic acids is 2. The maximum Gasteiger partial charge on any atom is 0.251 e. The van der Waals surface area contributed by atoms with Gasteiger partial charge in [-0.15, -0.1) is 11.3 Å². The molecule has 1 aliphatic carbocycles. The summed E-state index contributed by atoms with van der Waals surface area (Å²) in [7, 11) is 0. The molecule has 0 atom stereocenters. The third kappa shape index (κ3) is 2.88. The van der Waals surface area contributed by atoms with Crippen LogP contribution in [0.1, 0.15) is 39.5 Å². The van der Waals surface area contributed by atoms with E-state index in [1.54, 1.807) is 0 Å². The molecule has 0 bridgehead atoms. The molecule has 2 heterocycles. The first-order chi connectivity index (χ1) is 12.5. The minimum absolute atomic E-state index is 0.146. The first kappa shape index (κ1) is 16.8. The minimum Gasteiger partial charge on any atom is -0.365 e. The molecule has 0 unspecified atom stereocenters. The molecule has 0 aliphatic heterocycles. The Morgan fingerprint density at radius 2 is 2.04 bits per heavy atom. The number of rotatable bonds is 4. The summed E-state index contributed by atoms with van der Waals surface area (Å²) in [5, 5.41) is 3.49. The minimum atomic E-state index is -0.469. The quantitative estimate of drug-likeness (QED) is 0.742. The van der Waals surface area contributed by atoms with E-state index in [2.05, 4.69) is 10.3 Å². The summed E-state index contributed by atoms with van der Waals surface area (Å²) in [6.07, 6.45) is 3.96. The molecule has 7 heteroatoms. The van der Waals surface area contributed by atoms with Crippen LogP contribution < -0.4 is 11.1 Å². The van der Waals surface area contributed by atoms with Crippen molar-refractivity contribution in [1.82, 2.24) is 9.55 Å². The van der Waals surface area contributed by atoms with Crippen LogP contribution in [0, 0.1) is 6.92 Å². The highest BCUT2D eigenvalue weighted by Crippen LogP contribution is 2.37. The third-order valence-corrected chi connectivity index (χ3v) is 6.03. The smallest absolute Gasteiger partial charge is 0.251 e. The number of hydrogen-bond acceptors (Lipinski definition) is 4. The van der Waals surface area contributed by atoms with E-state index in [0.717, 1.165) is 48.1 Å². The Balaban J connectivity index is 1.62. The number of nitrogens with one attached hydrogen (secondary N) is 1. The zero-order valence-electron chi connectivity index (χ0n) is 14.5. The molecule has 0 saturated carbocycles. The molecule has 3 aromatic rings. The highest BCUT2D eigenvalue weighted by Gasteiger charge is 2.25. The van der Waals surface area contributed by atoms with Crippen LogP contribution in [0.4, 0.5) is 5.00 Å². The lowest BCUT2D eigenvalue weighted by atomic mass is 9.95. The summed E-state index contributed by atoms with van der Waals surface area (Å²) in [6, 6.07) is 7.72. The van der Waals surface area contributed by atoms with Gasteiger partial charge in [0.2, 0.25) is 5.91 Å². The normalized spacial score (nSPS) is 13.6. The summed E-state index contributed by atoms with van der Waals surface area (Å²) < 4.78 is 1.88. The average Bonchev–Trinajstić information content (AvgIpc) is 3.12. The van der Waals surface area contributed by atoms with E-state index >= 15 is 0 Å². The molecule has 2 aromatic heterocycles. The van der Waals surface area contributed by atoms with Gasteiger partial charge in [-0.25, -0.2) is 4.98 Å². The van der Waals surface area contributed by atoms with Crippen LogP contribution in [-0.2, 0) is 24.2 Å². The van der Waals surface area contributed by atoms with Gasteiger partial charge in [-0.05, 0) is 50.3 Å². The molecule has 2 amide bonds. The molecular formula is C19H20N4O2S. The number of amides is 2. The van der Waals surface area contributed by atoms with E-state index in [9.17, 15) is 9.59 Å². The van der Waals surface area contributed by atoms with Crippen LogP contribution in [0.25, 0.3) is 11.0 Å². The number of aromatic nitrogens is 2. The van der Waals surface area contributed by atoms with Gasteiger partial charge in [-0.3, -0.25) is 9.59 Å². The number of primary amides is 1. The fourth-order valence-electron chi connectivity index (χ4n) is 3.62. The highest BCUT2D eigenvalue weighted by atomic mass is 32.1. The molecule has 1 aromatic carbocycles. The van der Waals surface area contributed by atoms with Crippen LogP contribution in [0.5, 0.6) is 0 Å². The Bertz CT molecular complexity index is 1020. The van der Waals surface area contributed by atoms with Crippen molar-refractivity contribution in [2.24, 2.45) is 5.73 Å². The van der Waals surface area contributed by atoms with Crippen molar-refractivity contribution < 1.29 is 9.59 Å². The average molecular weight is 368 g/mol. The summed E-state index contributed by atoms with van der Waals surface area (Å²) in [5.74, 6) is 0.128. The van der Waals surface area contributed by atoms with Crippen molar-refractivity contribution in [3.63, 3.8) is 0 Å². The second-order valence-corrected chi connectivity index (χ2v) is 7.67. The van der Waals surface area contributed by atoms with Gasteiger partial charge >= 0.3 is 0 Å². The Labute approximate surface area is 155 Å². The van der Waals surface area contributed by atoms with Crippen LogP contribution in [0.3, 0.4) is 0 Å². The number of imidazole rings is 1. The summed E-state index contributed by atoms with van der Waals surface area (Å²) in [5.41, 5.74) is 8.89. The van der Waals surface area contributed by atoms with Gasteiger partial charge in [-0.1, -0.05) is 12.1 Å². The van der Waals surface area contributed by atoms with Gasteiger partial charge < -0.3 is 15.6 Å². The second kappa shape index (κ2) is 6.57. The molecular weight excluding hydrogens is 348 g/mol. The van der Waals surface area contributed by atoms with Gasteiger partial charge in [0.15, 0.2) is 0 Å². The summed E-state index contributed by atoms with van der Waals surface area (Å²) in [4.78, 5) is 30.3. The van der Waals surface area contributed by atoms with E-state index in [1.807, 2.05) is 35.8 Å². The van der Waals surface area contributed by atoms with Gasteiger partial charge in [-0.2, -0.15) is 0 Å². The number of para-hydroxylation sites is 2. The standard InChI is InChI=1S/C19H20N4O2S/c1-11-21-13-7-3-4-8-14(13)23(11)10-16(24)22-19-17(18(20)25)12-6-2-5-9-15(12)26-19/h3-4,7-8H,2,5-6,9-10H2,1H3,(H2,20,25)(H,22,24). The van der Waals surface area contributed by atoms with Crippen molar-refractivity contribution in [3.05, 3.63) is 46.1 Å². The lowest BCUT2D eigenvalue weighted by Crippen LogP contribution is -2.22. The molecule has 1 aliphatic rings. The Hall–Kier alpha value is -2.67. The number of carbonyl (C=O) groups is 2. The zero-order chi connectivity index (χ0) is 18.3. The lowest BCUT2D eigenvalue weighted by molar-refractivity contribution is -0.116. The predicted molar refractivity (Wildman–Crippen MR) is 103 cm³/mol. The maximum atomic E-state index is 12.7. The molecule has 6 nitrogen and oxygen atoms in total.